The minimum Gasteiger partial charge on any atom is -0.326 e. The highest BCUT2D eigenvalue weighted by Gasteiger charge is 2.31. The van der Waals surface area contributed by atoms with Crippen LogP contribution in [-0.2, 0) is 10.0 Å². The Morgan fingerprint density at radius 3 is 1.81 bits per heavy atom. The lowest BCUT2D eigenvalue weighted by Gasteiger charge is -2.22. The van der Waals surface area contributed by atoms with Gasteiger partial charge in [0.15, 0.2) is 0 Å². The van der Waals surface area contributed by atoms with Gasteiger partial charge in [-0.15, -0.1) is 0 Å². The van der Waals surface area contributed by atoms with Gasteiger partial charge in [0.05, 0.1) is 4.90 Å². The zero-order valence-corrected chi connectivity index (χ0v) is 14.4. The lowest BCUT2D eigenvalue weighted by Crippen LogP contribution is -2.44. The van der Waals surface area contributed by atoms with Gasteiger partial charge in [-0.2, -0.15) is 0 Å². The Balaban J connectivity index is 2.50. The van der Waals surface area contributed by atoms with Gasteiger partial charge in [0.2, 0.25) is 10.0 Å². The summed E-state index contributed by atoms with van der Waals surface area (Å²) < 4.78 is 28.5. The summed E-state index contributed by atoms with van der Waals surface area (Å²) in [6, 6.07) is -0.219. The van der Waals surface area contributed by atoms with Crippen molar-refractivity contribution in [2.24, 2.45) is 5.73 Å². The molecule has 4 nitrogen and oxygen atoms in total. The molecular formula is C16H26N2O2S. The fourth-order valence-electron chi connectivity index (χ4n) is 3.26. The molecule has 2 atom stereocenters. The number of benzene rings is 1. The molecule has 5 heteroatoms. The molecule has 0 aliphatic heterocycles. The van der Waals surface area contributed by atoms with Gasteiger partial charge in [0.25, 0.3) is 0 Å². The minimum absolute atomic E-state index is 0.0759. The van der Waals surface area contributed by atoms with E-state index in [4.69, 9.17) is 5.73 Å². The lowest BCUT2D eigenvalue weighted by atomic mass is 9.95. The zero-order valence-electron chi connectivity index (χ0n) is 13.6. The first kappa shape index (κ1) is 16.5. The van der Waals surface area contributed by atoms with Crippen LogP contribution in [0.15, 0.2) is 4.90 Å². The Hall–Kier alpha value is -0.910. The van der Waals surface area contributed by atoms with Crippen molar-refractivity contribution < 1.29 is 8.42 Å². The van der Waals surface area contributed by atoms with E-state index < -0.39 is 10.0 Å². The molecule has 0 aromatic heterocycles. The standard InChI is InChI=1S/C16H26N2O2S/c1-9-10(2)12(4)16(13(5)11(9)3)21(19,20)18-15-8-6-7-14(15)17/h14-15,18H,6-8,17H2,1-5H3. The topological polar surface area (TPSA) is 72.2 Å². The van der Waals surface area contributed by atoms with E-state index in [1.807, 2.05) is 34.6 Å². The first-order valence-electron chi connectivity index (χ1n) is 7.51. The van der Waals surface area contributed by atoms with Crippen LogP contribution in [0.3, 0.4) is 0 Å². The van der Waals surface area contributed by atoms with E-state index in [1.54, 1.807) is 0 Å². The summed E-state index contributed by atoms with van der Waals surface area (Å²) >= 11 is 0. The Morgan fingerprint density at radius 2 is 1.38 bits per heavy atom. The van der Waals surface area contributed by atoms with Crippen LogP contribution in [0.2, 0.25) is 0 Å². The number of sulfonamides is 1. The Kier molecular flexibility index (Phi) is 4.47. The van der Waals surface area contributed by atoms with E-state index in [-0.39, 0.29) is 12.1 Å². The first-order valence-corrected chi connectivity index (χ1v) is 9.00. The van der Waals surface area contributed by atoms with Gasteiger partial charge in [0.1, 0.15) is 0 Å². The van der Waals surface area contributed by atoms with Crippen molar-refractivity contribution in [2.45, 2.75) is 70.9 Å². The molecule has 1 aliphatic carbocycles. The molecular weight excluding hydrogens is 284 g/mol. The number of nitrogens with two attached hydrogens (primary N) is 1. The Bertz CT molecular complexity index is 636. The van der Waals surface area contributed by atoms with Crippen molar-refractivity contribution in [3.05, 3.63) is 27.8 Å². The minimum atomic E-state index is -3.53. The van der Waals surface area contributed by atoms with Gasteiger partial charge in [-0.05, 0) is 75.3 Å². The maximum absolute atomic E-state index is 12.8. The lowest BCUT2D eigenvalue weighted by molar-refractivity contribution is 0.521. The van der Waals surface area contributed by atoms with Gasteiger partial charge < -0.3 is 5.73 Å². The molecule has 118 valence electrons. The maximum atomic E-state index is 12.8. The third kappa shape index (κ3) is 2.87. The summed E-state index contributed by atoms with van der Waals surface area (Å²) in [5.74, 6) is 0. The van der Waals surface area contributed by atoms with Crippen LogP contribution in [0, 0.1) is 34.6 Å². The maximum Gasteiger partial charge on any atom is 0.241 e. The van der Waals surface area contributed by atoms with Crippen LogP contribution in [0.5, 0.6) is 0 Å². The molecule has 2 rings (SSSR count). The molecule has 1 aromatic rings. The van der Waals surface area contributed by atoms with Crippen LogP contribution in [-0.4, -0.2) is 20.5 Å². The normalized spacial score (nSPS) is 22.8. The van der Waals surface area contributed by atoms with Crippen molar-refractivity contribution in [3.63, 3.8) is 0 Å². The van der Waals surface area contributed by atoms with Crippen molar-refractivity contribution >= 4 is 10.0 Å². The van der Waals surface area contributed by atoms with E-state index in [0.717, 1.165) is 41.5 Å². The molecule has 1 saturated carbocycles. The number of hydrogen-bond acceptors (Lipinski definition) is 3. The largest absolute Gasteiger partial charge is 0.326 e. The summed E-state index contributed by atoms with van der Waals surface area (Å²) in [5.41, 5.74) is 11.0. The second-order valence-corrected chi connectivity index (χ2v) is 7.93. The summed E-state index contributed by atoms with van der Waals surface area (Å²) in [6.07, 6.45) is 2.69. The molecule has 0 spiro atoms. The molecule has 0 bridgehead atoms. The van der Waals surface area contributed by atoms with Gasteiger partial charge in [-0.25, -0.2) is 13.1 Å². The smallest absolute Gasteiger partial charge is 0.241 e. The molecule has 0 radical (unpaired) electrons. The third-order valence-electron chi connectivity index (χ3n) is 5.08. The molecule has 2 unspecified atom stereocenters. The molecule has 0 amide bonds. The molecule has 3 N–H and O–H groups in total. The van der Waals surface area contributed by atoms with Crippen molar-refractivity contribution in [3.8, 4) is 0 Å². The second kappa shape index (κ2) is 5.71. The average molecular weight is 310 g/mol. The SMILES string of the molecule is Cc1c(C)c(C)c(S(=O)(=O)NC2CCCC2N)c(C)c1C. The molecule has 0 heterocycles. The summed E-state index contributed by atoms with van der Waals surface area (Å²) in [5, 5.41) is 0. The van der Waals surface area contributed by atoms with Gasteiger partial charge in [-0.3, -0.25) is 0 Å². The van der Waals surface area contributed by atoms with Crippen LogP contribution in [0.25, 0.3) is 0 Å². The quantitative estimate of drug-likeness (QED) is 0.900. The van der Waals surface area contributed by atoms with E-state index in [9.17, 15) is 8.42 Å². The average Bonchev–Trinajstić information content (AvgIpc) is 2.79. The van der Waals surface area contributed by atoms with E-state index >= 15 is 0 Å². The fraction of sp³-hybridized carbons (Fsp3) is 0.625. The van der Waals surface area contributed by atoms with Crippen LogP contribution in [0.1, 0.15) is 47.1 Å². The van der Waals surface area contributed by atoms with Gasteiger partial charge >= 0.3 is 0 Å². The Labute approximate surface area is 128 Å². The second-order valence-electron chi connectivity index (χ2n) is 6.28. The van der Waals surface area contributed by atoms with Gasteiger partial charge in [0, 0.05) is 12.1 Å². The molecule has 1 aromatic carbocycles. The summed E-state index contributed by atoms with van der Waals surface area (Å²) in [4.78, 5) is 0.433. The number of nitrogens with one attached hydrogen (secondary N) is 1. The monoisotopic (exact) mass is 310 g/mol. The van der Waals surface area contributed by atoms with E-state index in [2.05, 4.69) is 4.72 Å². The van der Waals surface area contributed by atoms with Crippen molar-refractivity contribution in [2.75, 3.05) is 0 Å². The Morgan fingerprint density at radius 1 is 0.905 bits per heavy atom. The van der Waals surface area contributed by atoms with E-state index in [1.165, 1.54) is 5.56 Å². The highest BCUT2D eigenvalue weighted by molar-refractivity contribution is 7.89. The van der Waals surface area contributed by atoms with Crippen LogP contribution >= 0.6 is 0 Å². The highest BCUT2D eigenvalue weighted by Crippen LogP contribution is 2.30. The predicted octanol–water partition coefficient (Wildman–Crippen LogP) is 2.39. The van der Waals surface area contributed by atoms with Crippen LogP contribution in [0.4, 0.5) is 0 Å². The van der Waals surface area contributed by atoms with Crippen molar-refractivity contribution in [1.29, 1.82) is 0 Å². The van der Waals surface area contributed by atoms with Crippen molar-refractivity contribution in [1.82, 2.24) is 4.72 Å². The van der Waals surface area contributed by atoms with Crippen LogP contribution < -0.4 is 10.5 Å². The summed E-state index contributed by atoms with van der Waals surface area (Å²) in [7, 11) is -3.53. The first-order chi connectivity index (χ1) is 9.66. The summed E-state index contributed by atoms with van der Waals surface area (Å²) in [6.45, 7) is 9.78. The number of hydrogen-bond donors (Lipinski definition) is 2. The molecule has 21 heavy (non-hydrogen) atoms. The predicted molar refractivity (Wildman–Crippen MR) is 86.1 cm³/mol. The highest BCUT2D eigenvalue weighted by atomic mass is 32.2. The number of rotatable bonds is 3. The fourth-order valence-corrected chi connectivity index (χ4v) is 5.18. The van der Waals surface area contributed by atoms with E-state index in [0.29, 0.717) is 4.90 Å². The zero-order chi connectivity index (χ0) is 15.9. The molecule has 1 aliphatic rings. The van der Waals surface area contributed by atoms with Gasteiger partial charge in [-0.1, -0.05) is 6.42 Å². The molecule has 1 fully saturated rings. The third-order valence-corrected chi connectivity index (χ3v) is 6.84. The molecule has 0 saturated heterocycles.